The number of thiophene rings is 1. The van der Waals surface area contributed by atoms with Gasteiger partial charge in [-0.3, -0.25) is 4.29 Å². The van der Waals surface area contributed by atoms with Gasteiger partial charge in [0.2, 0.25) is 0 Å². The summed E-state index contributed by atoms with van der Waals surface area (Å²) in [6.45, 7) is 0.514. The van der Waals surface area contributed by atoms with Crippen LogP contribution in [0.1, 0.15) is 4.88 Å². The second kappa shape index (κ2) is 3.25. The van der Waals surface area contributed by atoms with Crippen LogP contribution in [0.2, 0.25) is 0 Å². The summed E-state index contributed by atoms with van der Waals surface area (Å²) in [5, 5.41) is 0. The molecule has 0 unspecified atom stereocenters. The van der Waals surface area contributed by atoms with Crippen LogP contribution in [0.15, 0.2) is 12.1 Å². The number of hydrogen-bond donors (Lipinski definition) is 0. The minimum Gasteiger partial charge on any atom is -0.274 e. The van der Waals surface area contributed by atoms with E-state index in [4.69, 9.17) is 11.9 Å². The summed E-state index contributed by atoms with van der Waals surface area (Å²) in [6.07, 6.45) is 0. The minimum atomic E-state index is 0.514. The van der Waals surface area contributed by atoms with Gasteiger partial charge in [-0.2, -0.15) is 11.3 Å². The van der Waals surface area contributed by atoms with Gasteiger partial charge in [-0.1, -0.05) is 6.07 Å². The lowest BCUT2D eigenvalue weighted by atomic mass is 10.1. The third-order valence-electron chi connectivity index (χ3n) is 0.993. The smallest absolute Gasteiger partial charge is 0.152 e. The Morgan fingerprint density at radius 1 is 1.67 bits per heavy atom. The zero-order valence-electron chi connectivity index (χ0n) is 5.06. The molecule has 0 saturated carbocycles. The highest BCUT2D eigenvalue weighted by atomic mass is 35.5. The SMILES string of the molecule is Bc1ccc(COCl)s1. The molecule has 1 nitrogen and oxygen atoms in total. The highest BCUT2D eigenvalue weighted by Gasteiger charge is 1.93. The Hall–Kier alpha value is 0.0149. The van der Waals surface area contributed by atoms with Gasteiger partial charge < -0.3 is 0 Å². The van der Waals surface area contributed by atoms with Gasteiger partial charge in [0.1, 0.15) is 6.61 Å². The van der Waals surface area contributed by atoms with Gasteiger partial charge in [-0.25, -0.2) is 0 Å². The molecule has 48 valence electrons. The van der Waals surface area contributed by atoms with E-state index in [-0.39, 0.29) is 0 Å². The lowest BCUT2D eigenvalue weighted by molar-refractivity contribution is 0.345. The maximum absolute atomic E-state index is 5.05. The molecule has 1 aromatic rings. The third-order valence-corrected chi connectivity index (χ3v) is 2.08. The van der Waals surface area contributed by atoms with Crippen LogP contribution in [-0.2, 0) is 10.9 Å². The fourth-order valence-electron chi connectivity index (χ4n) is 0.616. The van der Waals surface area contributed by atoms with Crippen LogP contribution >= 0.6 is 23.2 Å². The molecular weight excluding hydrogens is 154 g/mol. The molecule has 0 N–H and O–H groups in total. The van der Waals surface area contributed by atoms with E-state index in [2.05, 4.69) is 18.2 Å². The molecule has 0 saturated heterocycles. The Bertz CT molecular complexity index is 189. The van der Waals surface area contributed by atoms with Crippen molar-refractivity contribution in [1.82, 2.24) is 0 Å². The quantitative estimate of drug-likeness (QED) is 0.578. The Balaban J connectivity index is 2.61. The molecule has 0 aliphatic heterocycles. The zero-order valence-corrected chi connectivity index (χ0v) is 6.63. The second-order valence-electron chi connectivity index (χ2n) is 1.77. The van der Waals surface area contributed by atoms with Crippen LogP contribution in [-0.4, -0.2) is 7.85 Å². The standard InChI is InChI=1S/C5H6BClOS/c6-5-2-1-4(9-5)3-8-7/h1-2H,3,6H2. The first-order chi connectivity index (χ1) is 4.33. The molecule has 0 aromatic carbocycles. The van der Waals surface area contributed by atoms with E-state index in [1.54, 1.807) is 11.3 Å². The molecule has 0 spiro atoms. The fourth-order valence-corrected chi connectivity index (χ4v) is 1.60. The first-order valence-electron chi connectivity index (χ1n) is 2.62. The summed E-state index contributed by atoms with van der Waals surface area (Å²) >= 11 is 6.75. The Morgan fingerprint density at radius 2 is 2.44 bits per heavy atom. The van der Waals surface area contributed by atoms with Crippen molar-refractivity contribution >= 4 is 35.8 Å². The monoisotopic (exact) mass is 160 g/mol. The summed E-state index contributed by atoms with van der Waals surface area (Å²) < 4.78 is 5.71. The maximum Gasteiger partial charge on any atom is 0.152 e. The van der Waals surface area contributed by atoms with Gasteiger partial charge in [0.05, 0.1) is 11.9 Å². The van der Waals surface area contributed by atoms with Crippen molar-refractivity contribution in [2.24, 2.45) is 0 Å². The molecule has 9 heavy (non-hydrogen) atoms. The highest BCUT2D eigenvalue weighted by molar-refractivity contribution is 7.20. The summed E-state index contributed by atoms with van der Waals surface area (Å²) in [4.78, 5) is 1.17. The van der Waals surface area contributed by atoms with Crippen molar-refractivity contribution in [3.8, 4) is 0 Å². The molecule has 1 aromatic heterocycles. The lowest BCUT2D eigenvalue weighted by Gasteiger charge is -1.86. The lowest BCUT2D eigenvalue weighted by Crippen LogP contribution is -1.89. The van der Waals surface area contributed by atoms with Gasteiger partial charge in [-0.15, -0.1) is 0 Å². The molecule has 1 heterocycles. The first-order valence-corrected chi connectivity index (χ1v) is 3.74. The number of rotatable bonds is 2. The Morgan fingerprint density at radius 3 is 2.89 bits per heavy atom. The van der Waals surface area contributed by atoms with Crippen LogP contribution in [0.4, 0.5) is 0 Å². The van der Waals surface area contributed by atoms with E-state index in [0.29, 0.717) is 6.61 Å². The normalized spacial score (nSPS) is 9.89. The Kier molecular flexibility index (Phi) is 2.57. The average Bonchev–Trinajstić information content (AvgIpc) is 2.17. The van der Waals surface area contributed by atoms with E-state index < -0.39 is 0 Å². The van der Waals surface area contributed by atoms with Crippen molar-refractivity contribution in [2.75, 3.05) is 0 Å². The van der Waals surface area contributed by atoms with Crippen molar-refractivity contribution < 1.29 is 4.29 Å². The van der Waals surface area contributed by atoms with Crippen molar-refractivity contribution in [3.63, 3.8) is 0 Å². The van der Waals surface area contributed by atoms with E-state index in [1.807, 2.05) is 6.07 Å². The van der Waals surface area contributed by atoms with Crippen LogP contribution in [0.5, 0.6) is 0 Å². The second-order valence-corrected chi connectivity index (χ2v) is 3.36. The molecule has 0 fully saturated rings. The Labute approximate surface area is 64.2 Å². The summed E-state index contributed by atoms with van der Waals surface area (Å²) in [5.74, 6) is 0. The van der Waals surface area contributed by atoms with Crippen LogP contribution in [0.3, 0.4) is 0 Å². The predicted molar refractivity (Wildman–Crippen MR) is 43.1 cm³/mol. The topological polar surface area (TPSA) is 9.23 Å². The molecule has 0 radical (unpaired) electrons. The molecule has 0 amide bonds. The molecule has 0 aliphatic rings. The van der Waals surface area contributed by atoms with E-state index >= 15 is 0 Å². The maximum atomic E-state index is 5.05. The van der Waals surface area contributed by atoms with E-state index in [9.17, 15) is 0 Å². The summed E-state index contributed by atoms with van der Waals surface area (Å²) in [6, 6.07) is 4.07. The van der Waals surface area contributed by atoms with Crippen molar-refractivity contribution in [3.05, 3.63) is 17.0 Å². The van der Waals surface area contributed by atoms with E-state index in [1.165, 1.54) is 9.65 Å². The molecule has 1 rings (SSSR count). The molecule has 4 heteroatoms. The molecule has 0 bridgehead atoms. The van der Waals surface area contributed by atoms with Gasteiger partial charge in [0.15, 0.2) is 7.85 Å². The van der Waals surface area contributed by atoms with Gasteiger partial charge >= 0.3 is 0 Å². The van der Waals surface area contributed by atoms with Gasteiger partial charge in [0, 0.05) is 4.88 Å². The zero-order chi connectivity index (χ0) is 6.69. The molecule has 0 aliphatic carbocycles. The number of hydrogen-bond acceptors (Lipinski definition) is 2. The van der Waals surface area contributed by atoms with Crippen molar-refractivity contribution in [2.45, 2.75) is 6.61 Å². The van der Waals surface area contributed by atoms with Crippen LogP contribution in [0.25, 0.3) is 0 Å². The molecular formula is C5H6BClOS. The van der Waals surface area contributed by atoms with E-state index in [0.717, 1.165) is 0 Å². The molecule has 0 atom stereocenters. The minimum absolute atomic E-state index is 0.514. The highest BCUT2D eigenvalue weighted by Crippen LogP contribution is 2.07. The average molecular weight is 160 g/mol. The van der Waals surface area contributed by atoms with Crippen molar-refractivity contribution in [1.29, 1.82) is 0 Å². The summed E-state index contributed by atoms with van der Waals surface area (Å²) in [5.41, 5.74) is 0. The van der Waals surface area contributed by atoms with Crippen LogP contribution < -0.4 is 4.78 Å². The van der Waals surface area contributed by atoms with Crippen LogP contribution in [0, 0.1) is 0 Å². The fraction of sp³-hybridized carbons (Fsp3) is 0.200. The first kappa shape index (κ1) is 7.13. The summed E-state index contributed by atoms with van der Waals surface area (Å²) in [7, 11) is 2.06. The largest absolute Gasteiger partial charge is 0.274 e. The number of halogens is 1. The van der Waals surface area contributed by atoms with Gasteiger partial charge in [0.25, 0.3) is 0 Å². The predicted octanol–water partition coefficient (Wildman–Crippen LogP) is 0.677. The van der Waals surface area contributed by atoms with Gasteiger partial charge in [-0.05, 0) is 10.8 Å². The third kappa shape index (κ3) is 2.01.